The highest BCUT2D eigenvalue weighted by Crippen LogP contribution is 2.30. The van der Waals surface area contributed by atoms with Gasteiger partial charge < -0.3 is 4.74 Å². The van der Waals surface area contributed by atoms with Crippen molar-refractivity contribution in [3.8, 4) is 5.75 Å². The van der Waals surface area contributed by atoms with Crippen LogP contribution in [0.15, 0.2) is 51.8 Å². The lowest BCUT2D eigenvalue weighted by Gasteiger charge is -2.12. The topological polar surface area (TPSA) is 55.4 Å². The summed E-state index contributed by atoms with van der Waals surface area (Å²) >= 11 is 3.01. The maximum atomic E-state index is 12.3. The molecule has 0 aliphatic heterocycles. The van der Waals surface area contributed by atoms with E-state index < -0.39 is 22.1 Å². The van der Waals surface area contributed by atoms with Crippen molar-refractivity contribution in [2.45, 2.75) is 18.2 Å². The van der Waals surface area contributed by atoms with E-state index >= 15 is 0 Å². The Morgan fingerprint density at radius 3 is 2.26 bits per heavy atom. The molecule has 0 unspecified atom stereocenters. The molecule has 4 nitrogen and oxygen atoms in total. The van der Waals surface area contributed by atoms with Gasteiger partial charge in [0.15, 0.2) is 0 Å². The number of hydrogen-bond donors (Lipinski definition) is 1. The Labute approximate surface area is 139 Å². The van der Waals surface area contributed by atoms with Gasteiger partial charge in [-0.3, -0.25) is 4.72 Å². The molecule has 1 N–H and O–H groups in total. The number of benzene rings is 2. The molecule has 2 aromatic carbocycles. The molecule has 0 aromatic heterocycles. The minimum Gasteiger partial charge on any atom is -0.406 e. The van der Waals surface area contributed by atoms with Crippen LogP contribution in [0.5, 0.6) is 5.75 Å². The van der Waals surface area contributed by atoms with Gasteiger partial charge in [-0.15, -0.1) is 13.2 Å². The van der Waals surface area contributed by atoms with Crippen LogP contribution in [0.4, 0.5) is 18.9 Å². The van der Waals surface area contributed by atoms with Gasteiger partial charge in [-0.05, 0) is 31.2 Å². The lowest BCUT2D eigenvalue weighted by Crippen LogP contribution is -2.17. The van der Waals surface area contributed by atoms with Crippen molar-refractivity contribution in [3.05, 3.63) is 52.5 Å². The molecule has 9 heteroatoms. The van der Waals surface area contributed by atoms with E-state index in [2.05, 4.69) is 25.4 Å². The molecular formula is C14H11BrF3NO3S. The molecule has 0 saturated heterocycles. The van der Waals surface area contributed by atoms with E-state index in [0.717, 1.165) is 17.7 Å². The van der Waals surface area contributed by atoms with Crippen LogP contribution >= 0.6 is 15.9 Å². The maximum absolute atomic E-state index is 12.3. The van der Waals surface area contributed by atoms with Gasteiger partial charge in [0.25, 0.3) is 10.0 Å². The lowest BCUT2D eigenvalue weighted by molar-refractivity contribution is -0.274. The smallest absolute Gasteiger partial charge is 0.406 e. The molecule has 2 rings (SSSR count). The molecule has 0 bridgehead atoms. The standard InChI is InChI=1S/C14H11BrF3NO3S/c1-9-2-4-13(5-3-9)23(20,21)19-11-6-10(15)7-12(8-11)22-14(16,17)18/h2-8,19H,1H3. The Balaban J connectivity index is 2.30. The number of alkyl halides is 3. The normalized spacial score (nSPS) is 12.0. The third-order valence-electron chi connectivity index (χ3n) is 2.69. The SMILES string of the molecule is Cc1ccc(S(=O)(=O)Nc2cc(Br)cc(OC(F)(F)F)c2)cc1. The first-order valence-corrected chi connectivity index (χ1v) is 8.49. The van der Waals surface area contributed by atoms with Crippen LogP contribution in [-0.2, 0) is 10.0 Å². The first-order valence-electron chi connectivity index (χ1n) is 6.21. The summed E-state index contributed by atoms with van der Waals surface area (Å²) in [5.41, 5.74) is 0.825. The van der Waals surface area contributed by atoms with Gasteiger partial charge in [0.05, 0.1) is 10.6 Å². The van der Waals surface area contributed by atoms with Crippen molar-refractivity contribution < 1.29 is 26.3 Å². The molecular weight excluding hydrogens is 399 g/mol. The minimum absolute atomic E-state index is 0.00126. The molecule has 2 aromatic rings. The van der Waals surface area contributed by atoms with Gasteiger partial charge in [-0.25, -0.2) is 8.42 Å². The zero-order valence-electron chi connectivity index (χ0n) is 11.7. The van der Waals surface area contributed by atoms with E-state index in [4.69, 9.17) is 0 Å². The molecule has 0 amide bonds. The molecule has 0 atom stereocenters. The molecule has 0 aliphatic carbocycles. The Kier molecular flexibility index (Phi) is 4.90. The number of nitrogens with one attached hydrogen (secondary N) is 1. The van der Waals surface area contributed by atoms with Crippen LogP contribution in [0.25, 0.3) is 0 Å². The molecule has 0 fully saturated rings. The number of sulfonamides is 1. The highest BCUT2D eigenvalue weighted by Gasteiger charge is 2.31. The predicted octanol–water partition coefficient (Wildman–Crippen LogP) is 4.46. The third kappa shape index (κ3) is 5.14. The minimum atomic E-state index is -4.87. The maximum Gasteiger partial charge on any atom is 0.573 e. The number of ether oxygens (including phenoxy) is 1. The van der Waals surface area contributed by atoms with Crippen molar-refractivity contribution in [2.24, 2.45) is 0 Å². The molecule has 0 spiro atoms. The Hall–Kier alpha value is -1.74. The van der Waals surface area contributed by atoms with Crippen molar-refractivity contribution in [1.82, 2.24) is 0 Å². The molecule has 23 heavy (non-hydrogen) atoms. The number of anilines is 1. The summed E-state index contributed by atoms with van der Waals surface area (Å²) in [6.45, 7) is 1.80. The molecule has 124 valence electrons. The summed E-state index contributed by atoms with van der Waals surface area (Å²) in [5, 5.41) is 0. The summed E-state index contributed by atoms with van der Waals surface area (Å²) in [4.78, 5) is 0.00126. The van der Waals surface area contributed by atoms with Crippen LogP contribution in [0.2, 0.25) is 0 Å². The van der Waals surface area contributed by atoms with Crippen LogP contribution in [0, 0.1) is 6.92 Å². The van der Waals surface area contributed by atoms with Crippen molar-refractivity contribution in [2.75, 3.05) is 4.72 Å². The van der Waals surface area contributed by atoms with E-state index in [9.17, 15) is 21.6 Å². The quantitative estimate of drug-likeness (QED) is 0.810. The van der Waals surface area contributed by atoms with Crippen molar-refractivity contribution in [3.63, 3.8) is 0 Å². The van der Waals surface area contributed by atoms with Crippen LogP contribution in [0.1, 0.15) is 5.56 Å². The van der Waals surface area contributed by atoms with Gasteiger partial charge >= 0.3 is 6.36 Å². The Bertz CT molecular complexity index is 805. The molecule has 0 radical (unpaired) electrons. The first-order chi connectivity index (χ1) is 10.5. The fourth-order valence-electron chi connectivity index (χ4n) is 1.75. The van der Waals surface area contributed by atoms with Crippen molar-refractivity contribution in [1.29, 1.82) is 0 Å². The zero-order valence-corrected chi connectivity index (χ0v) is 14.1. The number of rotatable bonds is 4. The van der Waals surface area contributed by atoms with Gasteiger partial charge in [0.1, 0.15) is 5.75 Å². The summed E-state index contributed by atoms with van der Waals surface area (Å²) < 4.78 is 67.5. The summed E-state index contributed by atoms with van der Waals surface area (Å²) in [6.07, 6.45) is -4.87. The van der Waals surface area contributed by atoms with Gasteiger partial charge in [-0.2, -0.15) is 0 Å². The van der Waals surface area contributed by atoms with Gasteiger partial charge in [-0.1, -0.05) is 33.6 Å². The van der Waals surface area contributed by atoms with Crippen LogP contribution < -0.4 is 9.46 Å². The fraction of sp³-hybridized carbons (Fsp3) is 0.143. The number of hydrogen-bond acceptors (Lipinski definition) is 3. The fourth-order valence-corrected chi connectivity index (χ4v) is 3.26. The average Bonchev–Trinajstić information content (AvgIpc) is 2.35. The molecule has 0 heterocycles. The zero-order chi connectivity index (χ0) is 17.3. The average molecular weight is 410 g/mol. The summed E-state index contributed by atoms with van der Waals surface area (Å²) in [7, 11) is -3.91. The third-order valence-corrected chi connectivity index (χ3v) is 4.54. The predicted molar refractivity (Wildman–Crippen MR) is 82.8 cm³/mol. The van der Waals surface area contributed by atoms with Crippen LogP contribution in [0.3, 0.4) is 0 Å². The monoisotopic (exact) mass is 409 g/mol. The van der Waals surface area contributed by atoms with E-state index in [1.165, 1.54) is 18.2 Å². The summed E-state index contributed by atoms with van der Waals surface area (Å²) in [5.74, 6) is -0.534. The highest BCUT2D eigenvalue weighted by molar-refractivity contribution is 9.10. The second-order valence-electron chi connectivity index (χ2n) is 4.64. The van der Waals surface area contributed by atoms with Gasteiger partial charge in [0.2, 0.25) is 0 Å². The second-order valence-corrected chi connectivity index (χ2v) is 7.24. The van der Waals surface area contributed by atoms with E-state index in [1.54, 1.807) is 19.1 Å². The van der Waals surface area contributed by atoms with Crippen LogP contribution in [-0.4, -0.2) is 14.8 Å². The Morgan fingerprint density at radius 2 is 1.70 bits per heavy atom. The first kappa shape index (κ1) is 17.6. The highest BCUT2D eigenvalue weighted by atomic mass is 79.9. The number of halogens is 4. The Morgan fingerprint density at radius 1 is 1.09 bits per heavy atom. The largest absolute Gasteiger partial charge is 0.573 e. The van der Waals surface area contributed by atoms with E-state index in [1.807, 2.05) is 0 Å². The number of aryl methyl sites for hydroxylation is 1. The molecule has 0 saturated carbocycles. The second kappa shape index (κ2) is 6.40. The summed E-state index contributed by atoms with van der Waals surface area (Å²) in [6, 6.07) is 9.41. The van der Waals surface area contributed by atoms with E-state index in [0.29, 0.717) is 0 Å². The van der Waals surface area contributed by atoms with Gasteiger partial charge in [0, 0.05) is 10.5 Å². The lowest BCUT2D eigenvalue weighted by atomic mass is 10.2. The van der Waals surface area contributed by atoms with Crippen molar-refractivity contribution >= 4 is 31.6 Å². The molecule has 0 aliphatic rings. The van der Waals surface area contributed by atoms with E-state index in [-0.39, 0.29) is 15.1 Å².